The maximum atomic E-state index is 11.7. The molecule has 0 aliphatic rings. The van der Waals surface area contributed by atoms with E-state index in [-0.39, 0.29) is 11.8 Å². The molecule has 0 saturated heterocycles. The quantitative estimate of drug-likeness (QED) is 0.486. The molecule has 0 heterocycles. The number of hydrogen-bond acceptors (Lipinski definition) is 4. The van der Waals surface area contributed by atoms with Crippen LogP contribution in [-0.2, 0) is 9.59 Å². The van der Waals surface area contributed by atoms with Crippen LogP contribution in [0.15, 0.2) is 0 Å². The fourth-order valence-electron chi connectivity index (χ4n) is 1.52. The van der Waals surface area contributed by atoms with Gasteiger partial charge in [0.25, 0.3) is 0 Å². The predicted molar refractivity (Wildman–Crippen MR) is 67.2 cm³/mol. The summed E-state index contributed by atoms with van der Waals surface area (Å²) in [4.78, 5) is 24.6. The molecule has 0 aromatic rings. The van der Waals surface area contributed by atoms with Crippen LogP contribution in [0.3, 0.4) is 0 Å². The van der Waals surface area contributed by atoms with Crippen LogP contribution in [0, 0.1) is 0 Å². The largest absolute Gasteiger partial charge is 0.356 e. The second-order valence-corrected chi connectivity index (χ2v) is 3.77. The standard InChI is InChI=1S/C11H24N4O2/c1-2-14-10(16)4-3-5-11(17)15(8-6-12)9-7-13/h2-9,12-13H2,1H3,(H,14,16). The van der Waals surface area contributed by atoms with Crippen LogP contribution in [0.25, 0.3) is 0 Å². The van der Waals surface area contributed by atoms with E-state index in [1.807, 2.05) is 6.92 Å². The third-order valence-electron chi connectivity index (χ3n) is 2.32. The third-order valence-corrected chi connectivity index (χ3v) is 2.32. The van der Waals surface area contributed by atoms with E-state index in [0.717, 1.165) is 0 Å². The number of amides is 2. The van der Waals surface area contributed by atoms with Crippen molar-refractivity contribution in [1.82, 2.24) is 10.2 Å². The van der Waals surface area contributed by atoms with Crippen LogP contribution < -0.4 is 16.8 Å². The van der Waals surface area contributed by atoms with Crippen molar-refractivity contribution < 1.29 is 9.59 Å². The van der Waals surface area contributed by atoms with Gasteiger partial charge in [-0.05, 0) is 13.3 Å². The topological polar surface area (TPSA) is 101 Å². The van der Waals surface area contributed by atoms with Crippen LogP contribution in [0.4, 0.5) is 0 Å². The molecule has 5 N–H and O–H groups in total. The molecular weight excluding hydrogens is 220 g/mol. The maximum Gasteiger partial charge on any atom is 0.222 e. The third kappa shape index (κ3) is 7.70. The summed E-state index contributed by atoms with van der Waals surface area (Å²) in [5, 5.41) is 2.69. The van der Waals surface area contributed by atoms with E-state index in [9.17, 15) is 9.59 Å². The Hall–Kier alpha value is -1.14. The van der Waals surface area contributed by atoms with Crippen molar-refractivity contribution in [1.29, 1.82) is 0 Å². The molecule has 17 heavy (non-hydrogen) atoms. The summed E-state index contributed by atoms with van der Waals surface area (Å²) >= 11 is 0. The minimum Gasteiger partial charge on any atom is -0.356 e. The van der Waals surface area contributed by atoms with E-state index in [1.165, 1.54) is 0 Å². The molecule has 6 heteroatoms. The van der Waals surface area contributed by atoms with E-state index in [1.54, 1.807) is 4.90 Å². The number of nitrogens with zero attached hydrogens (tertiary/aromatic N) is 1. The molecule has 0 saturated carbocycles. The van der Waals surface area contributed by atoms with Gasteiger partial charge in [0.2, 0.25) is 11.8 Å². The fraction of sp³-hybridized carbons (Fsp3) is 0.818. The fourth-order valence-corrected chi connectivity index (χ4v) is 1.52. The summed E-state index contributed by atoms with van der Waals surface area (Å²) in [6.07, 6.45) is 1.33. The highest BCUT2D eigenvalue weighted by molar-refractivity contribution is 5.78. The summed E-state index contributed by atoms with van der Waals surface area (Å²) in [5.41, 5.74) is 10.8. The molecule has 0 fully saturated rings. The zero-order valence-electron chi connectivity index (χ0n) is 10.6. The van der Waals surface area contributed by atoms with Crippen LogP contribution in [0.5, 0.6) is 0 Å². The Morgan fingerprint density at radius 1 is 1.12 bits per heavy atom. The molecule has 0 aliphatic heterocycles. The lowest BCUT2D eigenvalue weighted by molar-refractivity contribution is -0.131. The van der Waals surface area contributed by atoms with Gasteiger partial charge in [-0.3, -0.25) is 9.59 Å². The van der Waals surface area contributed by atoms with Crippen LogP contribution >= 0.6 is 0 Å². The molecule has 0 radical (unpaired) electrons. The molecule has 0 aromatic carbocycles. The average molecular weight is 244 g/mol. The van der Waals surface area contributed by atoms with Crippen LogP contribution in [0.2, 0.25) is 0 Å². The average Bonchev–Trinajstić information content (AvgIpc) is 2.29. The molecule has 0 aromatic heterocycles. The van der Waals surface area contributed by atoms with Gasteiger partial charge in [0.05, 0.1) is 0 Å². The molecule has 0 bridgehead atoms. The summed E-state index contributed by atoms with van der Waals surface area (Å²) < 4.78 is 0. The Bertz CT molecular complexity index is 228. The van der Waals surface area contributed by atoms with Gasteiger partial charge in [0, 0.05) is 45.6 Å². The number of rotatable bonds is 9. The number of carbonyl (C=O) groups excluding carboxylic acids is 2. The predicted octanol–water partition coefficient (Wildman–Crippen LogP) is -0.961. The summed E-state index contributed by atoms with van der Waals surface area (Å²) in [5.74, 6) is 0.00898. The van der Waals surface area contributed by atoms with Crippen molar-refractivity contribution in [3.63, 3.8) is 0 Å². The highest BCUT2D eigenvalue weighted by Crippen LogP contribution is 2.00. The van der Waals surface area contributed by atoms with Gasteiger partial charge in [-0.15, -0.1) is 0 Å². The first-order valence-corrected chi connectivity index (χ1v) is 6.10. The number of nitrogens with one attached hydrogen (secondary N) is 1. The van der Waals surface area contributed by atoms with Gasteiger partial charge in [-0.1, -0.05) is 0 Å². The first-order valence-electron chi connectivity index (χ1n) is 6.10. The van der Waals surface area contributed by atoms with E-state index >= 15 is 0 Å². The van der Waals surface area contributed by atoms with Crippen molar-refractivity contribution in [2.24, 2.45) is 11.5 Å². The Balaban J connectivity index is 3.84. The highest BCUT2D eigenvalue weighted by atomic mass is 16.2. The Labute approximate surface area is 103 Å². The van der Waals surface area contributed by atoms with E-state index in [2.05, 4.69) is 5.32 Å². The van der Waals surface area contributed by atoms with Crippen LogP contribution in [-0.4, -0.2) is 49.4 Å². The minimum atomic E-state index is -0.00972. The number of nitrogens with two attached hydrogens (primary N) is 2. The summed E-state index contributed by atoms with van der Waals surface area (Å²) in [7, 11) is 0. The van der Waals surface area contributed by atoms with Crippen molar-refractivity contribution in [3.8, 4) is 0 Å². The highest BCUT2D eigenvalue weighted by Gasteiger charge is 2.12. The lowest BCUT2D eigenvalue weighted by atomic mass is 10.2. The maximum absolute atomic E-state index is 11.7. The van der Waals surface area contributed by atoms with Gasteiger partial charge in [-0.25, -0.2) is 0 Å². The SMILES string of the molecule is CCNC(=O)CCCC(=O)N(CCN)CCN. The molecule has 0 unspecified atom stereocenters. The van der Waals surface area contributed by atoms with Gasteiger partial charge >= 0.3 is 0 Å². The molecule has 0 rings (SSSR count). The Morgan fingerprint density at radius 2 is 1.71 bits per heavy atom. The smallest absolute Gasteiger partial charge is 0.222 e. The van der Waals surface area contributed by atoms with E-state index < -0.39 is 0 Å². The van der Waals surface area contributed by atoms with E-state index in [4.69, 9.17) is 11.5 Å². The normalized spacial score (nSPS) is 10.1. The zero-order chi connectivity index (χ0) is 13.1. The number of hydrogen-bond donors (Lipinski definition) is 3. The molecule has 0 atom stereocenters. The summed E-state index contributed by atoms with van der Waals surface area (Å²) in [6.45, 7) is 4.41. The molecule has 0 spiro atoms. The van der Waals surface area contributed by atoms with Gasteiger partial charge < -0.3 is 21.7 Å². The Kier molecular flexibility index (Phi) is 9.37. The van der Waals surface area contributed by atoms with Gasteiger partial charge in [0.15, 0.2) is 0 Å². The monoisotopic (exact) mass is 244 g/mol. The molecular formula is C11H24N4O2. The first kappa shape index (κ1) is 15.9. The lowest BCUT2D eigenvalue weighted by Crippen LogP contribution is -2.38. The zero-order valence-corrected chi connectivity index (χ0v) is 10.6. The molecule has 0 aliphatic carbocycles. The van der Waals surface area contributed by atoms with Crippen molar-refractivity contribution in [2.75, 3.05) is 32.7 Å². The number of carbonyl (C=O) groups is 2. The van der Waals surface area contributed by atoms with Gasteiger partial charge in [-0.2, -0.15) is 0 Å². The first-order chi connectivity index (χ1) is 8.15. The second-order valence-electron chi connectivity index (χ2n) is 3.77. The molecule has 6 nitrogen and oxygen atoms in total. The van der Waals surface area contributed by atoms with Gasteiger partial charge in [0.1, 0.15) is 0 Å². The van der Waals surface area contributed by atoms with Crippen LogP contribution in [0.1, 0.15) is 26.2 Å². The molecule has 100 valence electrons. The van der Waals surface area contributed by atoms with Crippen molar-refractivity contribution in [3.05, 3.63) is 0 Å². The van der Waals surface area contributed by atoms with Crippen molar-refractivity contribution in [2.45, 2.75) is 26.2 Å². The Morgan fingerprint density at radius 3 is 2.18 bits per heavy atom. The van der Waals surface area contributed by atoms with Crippen molar-refractivity contribution >= 4 is 11.8 Å². The molecule has 2 amide bonds. The lowest BCUT2D eigenvalue weighted by Gasteiger charge is -2.21. The van der Waals surface area contributed by atoms with E-state index in [0.29, 0.717) is 52.0 Å². The second kappa shape index (κ2) is 10.0. The minimum absolute atomic E-state index is 0.00972. The summed E-state index contributed by atoms with van der Waals surface area (Å²) in [6, 6.07) is 0.